The standard InChI is InChI=1S/C25H36N4O3/c1-18-16-19(9-10-21(18)27(5)6)17-26-23(30)22-8-7-13-29(22)20-11-14-28(15-12-20)24(31)32-25(2,3)4/h7-10,13,16,20H,11-12,14-15,17H2,1-6H3,(H,26,30). The molecule has 7 heteroatoms. The number of carbonyl (C=O) groups excluding carboxylic acids is 2. The van der Waals surface area contributed by atoms with E-state index in [-0.39, 0.29) is 18.0 Å². The van der Waals surface area contributed by atoms with Crippen molar-refractivity contribution in [3.8, 4) is 0 Å². The smallest absolute Gasteiger partial charge is 0.410 e. The summed E-state index contributed by atoms with van der Waals surface area (Å²) < 4.78 is 7.53. The highest BCUT2D eigenvalue weighted by Crippen LogP contribution is 2.26. The lowest BCUT2D eigenvalue weighted by molar-refractivity contribution is 0.0187. The highest BCUT2D eigenvalue weighted by molar-refractivity contribution is 5.92. The van der Waals surface area contributed by atoms with Crippen LogP contribution in [0.5, 0.6) is 0 Å². The molecule has 1 aliphatic heterocycles. The van der Waals surface area contributed by atoms with Gasteiger partial charge < -0.3 is 24.4 Å². The van der Waals surface area contributed by atoms with Gasteiger partial charge in [0.15, 0.2) is 0 Å². The van der Waals surface area contributed by atoms with E-state index in [1.165, 1.54) is 11.3 Å². The monoisotopic (exact) mass is 440 g/mol. The number of anilines is 1. The molecule has 7 nitrogen and oxygen atoms in total. The predicted molar refractivity (Wildman–Crippen MR) is 127 cm³/mol. The van der Waals surface area contributed by atoms with Crippen LogP contribution in [0.3, 0.4) is 0 Å². The predicted octanol–water partition coefficient (Wildman–Crippen LogP) is 4.36. The number of amides is 2. The Balaban J connectivity index is 1.58. The minimum Gasteiger partial charge on any atom is -0.444 e. The normalized spacial score (nSPS) is 14.9. The van der Waals surface area contributed by atoms with Gasteiger partial charge in [-0.25, -0.2) is 4.79 Å². The van der Waals surface area contributed by atoms with Crippen LogP contribution in [0.2, 0.25) is 0 Å². The lowest BCUT2D eigenvalue weighted by Gasteiger charge is -2.34. The van der Waals surface area contributed by atoms with Gasteiger partial charge in [0.1, 0.15) is 11.3 Å². The van der Waals surface area contributed by atoms with E-state index in [4.69, 9.17) is 4.74 Å². The van der Waals surface area contributed by atoms with Gasteiger partial charge in [0.25, 0.3) is 5.91 Å². The SMILES string of the molecule is Cc1cc(CNC(=O)c2cccn2C2CCN(C(=O)OC(C)(C)C)CC2)ccc1N(C)C. The van der Waals surface area contributed by atoms with Crippen LogP contribution in [0.4, 0.5) is 10.5 Å². The number of rotatable bonds is 5. The fraction of sp³-hybridized carbons (Fsp3) is 0.520. The Labute approximate surface area is 191 Å². The average molecular weight is 441 g/mol. The summed E-state index contributed by atoms with van der Waals surface area (Å²) in [6.07, 6.45) is 3.27. The van der Waals surface area contributed by atoms with Crippen LogP contribution in [0, 0.1) is 6.92 Å². The van der Waals surface area contributed by atoms with E-state index in [9.17, 15) is 9.59 Å². The molecule has 3 rings (SSSR count). The first kappa shape index (κ1) is 23.7. The second kappa shape index (κ2) is 9.67. The molecule has 0 atom stereocenters. The number of hydrogen-bond donors (Lipinski definition) is 1. The minimum atomic E-state index is -0.495. The lowest BCUT2D eigenvalue weighted by Crippen LogP contribution is -2.42. The highest BCUT2D eigenvalue weighted by atomic mass is 16.6. The van der Waals surface area contributed by atoms with Crippen molar-refractivity contribution < 1.29 is 14.3 Å². The Morgan fingerprint density at radius 1 is 1.16 bits per heavy atom. The summed E-state index contributed by atoms with van der Waals surface area (Å²) in [7, 11) is 4.05. The maximum Gasteiger partial charge on any atom is 0.410 e. The molecule has 174 valence electrons. The number of likely N-dealkylation sites (tertiary alicyclic amines) is 1. The van der Waals surface area contributed by atoms with Crippen molar-refractivity contribution in [1.29, 1.82) is 0 Å². The summed E-state index contributed by atoms with van der Waals surface area (Å²) >= 11 is 0. The number of piperidine rings is 1. The molecule has 1 fully saturated rings. The van der Waals surface area contributed by atoms with E-state index >= 15 is 0 Å². The van der Waals surface area contributed by atoms with E-state index in [1.807, 2.05) is 63.8 Å². The molecule has 2 heterocycles. The van der Waals surface area contributed by atoms with E-state index in [0.29, 0.717) is 25.3 Å². The fourth-order valence-corrected chi connectivity index (χ4v) is 4.16. The molecular weight excluding hydrogens is 404 g/mol. The second-order valence-corrected chi connectivity index (χ2v) is 9.70. The van der Waals surface area contributed by atoms with Crippen LogP contribution in [0.1, 0.15) is 61.3 Å². The van der Waals surface area contributed by atoms with Crippen molar-refractivity contribution in [1.82, 2.24) is 14.8 Å². The zero-order valence-electron chi connectivity index (χ0n) is 20.1. The van der Waals surface area contributed by atoms with E-state index in [0.717, 1.165) is 18.4 Å². The Morgan fingerprint density at radius 3 is 2.44 bits per heavy atom. The molecule has 0 spiro atoms. The van der Waals surface area contributed by atoms with Crippen LogP contribution in [0.15, 0.2) is 36.5 Å². The first-order chi connectivity index (χ1) is 15.0. The minimum absolute atomic E-state index is 0.0843. The van der Waals surface area contributed by atoms with E-state index in [2.05, 4.69) is 29.3 Å². The lowest BCUT2D eigenvalue weighted by atomic mass is 10.0. The van der Waals surface area contributed by atoms with Crippen LogP contribution in [0.25, 0.3) is 0 Å². The number of benzene rings is 1. The Morgan fingerprint density at radius 2 is 1.84 bits per heavy atom. The van der Waals surface area contributed by atoms with Crippen LogP contribution in [-0.4, -0.2) is 54.3 Å². The van der Waals surface area contributed by atoms with Gasteiger partial charge in [0.05, 0.1) is 0 Å². The van der Waals surface area contributed by atoms with Crippen molar-refractivity contribution in [3.63, 3.8) is 0 Å². The maximum absolute atomic E-state index is 12.9. The number of aromatic nitrogens is 1. The molecule has 0 bridgehead atoms. The summed E-state index contributed by atoms with van der Waals surface area (Å²) in [5.41, 5.74) is 3.59. The number of nitrogens with one attached hydrogen (secondary N) is 1. The molecule has 32 heavy (non-hydrogen) atoms. The third-order valence-electron chi connectivity index (χ3n) is 5.72. The molecule has 2 aromatic rings. The number of carbonyl (C=O) groups is 2. The topological polar surface area (TPSA) is 66.8 Å². The largest absolute Gasteiger partial charge is 0.444 e. The summed E-state index contributed by atoms with van der Waals surface area (Å²) in [5.74, 6) is -0.0843. The summed E-state index contributed by atoms with van der Waals surface area (Å²) in [6, 6.07) is 10.2. The van der Waals surface area contributed by atoms with Crippen molar-refractivity contribution in [2.75, 3.05) is 32.1 Å². The van der Waals surface area contributed by atoms with Gasteiger partial charge in [-0.15, -0.1) is 0 Å². The quantitative estimate of drug-likeness (QED) is 0.750. The Kier molecular flexibility index (Phi) is 7.16. The van der Waals surface area contributed by atoms with Gasteiger partial charge in [-0.1, -0.05) is 12.1 Å². The Hall–Kier alpha value is -2.96. The summed E-state index contributed by atoms with van der Waals surface area (Å²) in [4.78, 5) is 29.1. The van der Waals surface area contributed by atoms with E-state index in [1.54, 1.807) is 4.90 Å². The summed E-state index contributed by atoms with van der Waals surface area (Å²) in [6.45, 7) is 9.43. The van der Waals surface area contributed by atoms with Crippen LogP contribution < -0.4 is 10.2 Å². The molecule has 1 saturated heterocycles. The van der Waals surface area contributed by atoms with Gasteiger partial charge in [-0.2, -0.15) is 0 Å². The first-order valence-corrected chi connectivity index (χ1v) is 11.2. The van der Waals surface area contributed by atoms with Crippen LogP contribution in [-0.2, 0) is 11.3 Å². The number of ether oxygens (including phenoxy) is 1. The second-order valence-electron chi connectivity index (χ2n) is 9.70. The number of nitrogens with zero attached hydrogens (tertiary/aromatic N) is 3. The average Bonchev–Trinajstić information content (AvgIpc) is 3.20. The van der Waals surface area contributed by atoms with Crippen molar-refractivity contribution in [2.45, 2.75) is 58.7 Å². The molecule has 0 saturated carbocycles. The molecule has 1 N–H and O–H groups in total. The molecule has 2 amide bonds. The number of hydrogen-bond acceptors (Lipinski definition) is 4. The fourth-order valence-electron chi connectivity index (χ4n) is 4.16. The zero-order valence-corrected chi connectivity index (χ0v) is 20.1. The number of aryl methyl sites for hydroxylation is 1. The summed E-state index contributed by atoms with van der Waals surface area (Å²) in [5, 5.41) is 3.05. The molecule has 0 aliphatic carbocycles. The maximum atomic E-state index is 12.9. The van der Waals surface area contributed by atoms with Gasteiger partial charge in [0, 0.05) is 51.7 Å². The third-order valence-corrected chi connectivity index (χ3v) is 5.72. The molecule has 0 unspecified atom stereocenters. The van der Waals surface area contributed by atoms with Gasteiger partial charge in [-0.05, 0) is 69.9 Å². The van der Waals surface area contributed by atoms with Crippen molar-refractivity contribution in [2.24, 2.45) is 0 Å². The molecule has 1 aromatic carbocycles. The van der Waals surface area contributed by atoms with E-state index < -0.39 is 5.60 Å². The van der Waals surface area contributed by atoms with Crippen molar-refractivity contribution >= 4 is 17.7 Å². The molecule has 1 aliphatic rings. The third kappa shape index (κ3) is 5.84. The van der Waals surface area contributed by atoms with Crippen LogP contribution >= 0.6 is 0 Å². The van der Waals surface area contributed by atoms with Gasteiger partial charge >= 0.3 is 6.09 Å². The molecule has 1 aromatic heterocycles. The van der Waals surface area contributed by atoms with Gasteiger partial charge in [-0.3, -0.25) is 4.79 Å². The highest BCUT2D eigenvalue weighted by Gasteiger charge is 2.28. The molecular formula is C25H36N4O3. The van der Waals surface area contributed by atoms with Crippen molar-refractivity contribution in [3.05, 3.63) is 53.3 Å². The first-order valence-electron chi connectivity index (χ1n) is 11.2. The molecule has 0 radical (unpaired) electrons. The zero-order chi connectivity index (χ0) is 23.5. The Bertz CT molecular complexity index is 950. The van der Waals surface area contributed by atoms with Gasteiger partial charge in [0.2, 0.25) is 0 Å².